The number of benzene rings is 1. The highest BCUT2D eigenvalue weighted by Gasteiger charge is 2.13. The third-order valence-corrected chi connectivity index (χ3v) is 2.82. The Balaban J connectivity index is 2.27. The molecule has 0 amide bonds. The molecule has 0 fully saturated rings. The number of carbonyl (C=O) groups is 1. The molecule has 2 aromatic rings. The van der Waals surface area contributed by atoms with Crippen LogP contribution in [0.4, 0.5) is 0 Å². The number of fused-ring (bicyclic) bond motifs is 1. The van der Waals surface area contributed by atoms with Crippen LogP contribution < -0.4 is 0 Å². The molecule has 0 aliphatic carbocycles. The molecule has 0 radical (unpaired) electrons. The molecule has 19 heavy (non-hydrogen) atoms. The van der Waals surface area contributed by atoms with Gasteiger partial charge in [-0.05, 0) is 18.2 Å². The maximum atomic E-state index is 10.9. The van der Waals surface area contributed by atoms with E-state index in [9.17, 15) is 4.79 Å². The van der Waals surface area contributed by atoms with Gasteiger partial charge < -0.3 is 14.6 Å². The Hall–Kier alpha value is -1.99. The Kier molecular flexibility index (Phi) is 4.08. The molecule has 0 aliphatic heterocycles. The first kappa shape index (κ1) is 13.4. The zero-order valence-electron chi connectivity index (χ0n) is 10.7. The van der Waals surface area contributed by atoms with Crippen molar-refractivity contribution in [3.8, 4) is 0 Å². The molecule has 7 nitrogen and oxygen atoms in total. The molecular weight excluding hydrogens is 250 g/mol. The predicted molar refractivity (Wildman–Crippen MR) is 67.2 cm³/mol. The molecule has 0 spiro atoms. The largest absolute Gasteiger partial charge is 0.478 e. The molecule has 0 saturated heterocycles. The van der Waals surface area contributed by atoms with Gasteiger partial charge >= 0.3 is 5.97 Å². The van der Waals surface area contributed by atoms with E-state index >= 15 is 0 Å². The maximum absolute atomic E-state index is 10.9. The van der Waals surface area contributed by atoms with Gasteiger partial charge in [0.2, 0.25) is 0 Å². The lowest BCUT2D eigenvalue weighted by Gasteiger charge is -2.14. The van der Waals surface area contributed by atoms with Crippen molar-refractivity contribution in [1.29, 1.82) is 0 Å². The number of aromatic nitrogens is 3. The molecule has 1 aromatic carbocycles. The second-order valence-corrected chi connectivity index (χ2v) is 4.09. The smallest absolute Gasteiger partial charge is 0.335 e. The van der Waals surface area contributed by atoms with Crippen LogP contribution in [0.5, 0.6) is 0 Å². The summed E-state index contributed by atoms with van der Waals surface area (Å²) in [5, 5.41) is 16.9. The predicted octanol–water partition coefficient (Wildman–Crippen LogP) is 0.791. The Morgan fingerprint density at radius 3 is 2.89 bits per heavy atom. The van der Waals surface area contributed by atoms with E-state index in [0.29, 0.717) is 18.7 Å². The summed E-state index contributed by atoms with van der Waals surface area (Å²) in [7, 11) is 3.20. The summed E-state index contributed by atoms with van der Waals surface area (Å²) in [5.74, 6) is -0.981. The third kappa shape index (κ3) is 2.88. The third-order valence-electron chi connectivity index (χ3n) is 2.82. The summed E-state index contributed by atoms with van der Waals surface area (Å²) in [4.78, 5) is 10.9. The number of carboxylic acid groups (broad SMARTS) is 1. The van der Waals surface area contributed by atoms with Gasteiger partial charge in [-0.25, -0.2) is 9.48 Å². The first-order valence-corrected chi connectivity index (χ1v) is 5.74. The van der Waals surface area contributed by atoms with Crippen molar-refractivity contribution in [2.75, 3.05) is 20.8 Å². The van der Waals surface area contributed by atoms with Crippen molar-refractivity contribution < 1.29 is 19.4 Å². The summed E-state index contributed by atoms with van der Waals surface area (Å²) in [6.45, 7) is 0.943. The van der Waals surface area contributed by atoms with Crippen molar-refractivity contribution in [2.24, 2.45) is 0 Å². The molecule has 0 saturated carbocycles. The van der Waals surface area contributed by atoms with Gasteiger partial charge in [-0.2, -0.15) is 0 Å². The van der Waals surface area contributed by atoms with Crippen LogP contribution in [-0.2, 0) is 16.0 Å². The molecule has 0 bridgehead atoms. The van der Waals surface area contributed by atoms with Crippen molar-refractivity contribution in [2.45, 2.75) is 12.6 Å². The Morgan fingerprint density at radius 2 is 2.26 bits per heavy atom. The fourth-order valence-corrected chi connectivity index (χ4v) is 1.81. The van der Waals surface area contributed by atoms with Crippen molar-refractivity contribution >= 4 is 17.0 Å². The number of carboxylic acids is 1. The van der Waals surface area contributed by atoms with E-state index in [0.717, 1.165) is 5.52 Å². The number of ether oxygens (including phenoxy) is 2. The van der Waals surface area contributed by atoms with Gasteiger partial charge in [-0.15, -0.1) is 5.10 Å². The second kappa shape index (κ2) is 5.77. The number of hydrogen-bond acceptors (Lipinski definition) is 5. The summed E-state index contributed by atoms with van der Waals surface area (Å²) in [5.41, 5.74) is 1.51. The summed E-state index contributed by atoms with van der Waals surface area (Å²) >= 11 is 0. The van der Waals surface area contributed by atoms with E-state index in [1.165, 1.54) is 12.1 Å². The highest BCUT2D eigenvalue weighted by Crippen LogP contribution is 2.14. The summed E-state index contributed by atoms with van der Waals surface area (Å²) in [6.07, 6.45) is -0.131. The first-order valence-electron chi connectivity index (χ1n) is 5.74. The highest BCUT2D eigenvalue weighted by molar-refractivity contribution is 5.92. The van der Waals surface area contributed by atoms with E-state index < -0.39 is 5.97 Å². The summed E-state index contributed by atoms with van der Waals surface area (Å²) < 4.78 is 12.0. The molecule has 1 N–H and O–H groups in total. The van der Waals surface area contributed by atoms with Crippen LogP contribution in [0.15, 0.2) is 18.2 Å². The fraction of sp³-hybridized carbons (Fsp3) is 0.417. The van der Waals surface area contributed by atoms with Crippen molar-refractivity contribution in [1.82, 2.24) is 15.0 Å². The minimum Gasteiger partial charge on any atom is -0.478 e. The SMILES string of the molecule is COCC(Cn1nnc2cc(C(=O)O)ccc21)OC. The van der Waals surface area contributed by atoms with Crippen LogP contribution in [0.3, 0.4) is 0 Å². The molecule has 1 heterocycles. The van der Waals surface area contributed by atoms with Crippen LogP contribution >= 0.6 is 0 Å². The van der Waals surface area contributed by atoms with E-state index in [-0.39, 0.29) is 11.7 Å². The van der Waals surface area contributed by atoms with E-state index in [1.54, 1.807) is 25.0 Å². The molecule has 2 rings (SSSR count). The highest BCUT2D eigenvalue weighted by atomic mass is 16.5. The van der Waals surface area contributed by atoms with Gasteiger partial charge in [-0.3, -0.25) is 0 Å². The Bertz CT molecular complexity index is 581. The number of nitrogens with zero attached hydrogens (tertiary/aromatic N) is 3. The minimum atomic E-state index is -0.981. The quantitative estimate of drug-likeness (QED) is 0.831. The summed E-state index contributed by atoms with van der Waals surface area (Å²) in [6, 6.07) is 4.72. The van der Waals surface area contributed by atoms with Crippen LogP contribution in [0.1, 0.15) is 10.4 Å². The molecule has 1 atom stereocenters. The van der Waals surface area contributed by atoms with Gasteiger partial charge in [0.25, 0.3) is 0 Å². The minimum absolute atomic E-state index is 0.131. The second-order valence-electron chi connectivity index (χ2n) is 4.09. The fourth-order valence-electron chi connectivity index (χ4n) is 1.81. The van der Waals surface area contributed by atoms with Gasteiger partial charge in [0.15, 0.2) is 0 Å². The van der Waals surface area contributed by atoms with Gasteiger partial charge in [0, 0.05) is 14.2 Å². The van der Waals surface area contributed by atoms with Gasteiger partial charge in [0.05, 0.1) is 24.2 Å². The number of hydrogen-bond donors (Lipinski definition) is 1. The number of rotatable bonds is 6. The lowest BCUT2D eigenvalue weighted by Crippen LogP contribution is -2.24. The molecule has 7 heteroatoms. The number of aromatic carboxylic acids is 1. The molecule has 0 aliphatic rings. The van der Waals surface area contributed by atoms with E-state index in [2.05, 4.69) is 10.3 Å². The maximum Gasteiger partial charge on any atom is 0.335 e. The lowest BCUT2D eigenvalue weighted by atomic mass is 10.2. The van der Waals surface area contributed by atoms with Gasteiger partial charge in [0.1, 0.15) is 11.6 Å². The van der Waals surface area contributed by atoms with E-state index in [4.69, 9.17) is 14.6 Å². The first-order chi connectivity index (χ1) is 9.15. The topological polar surface area (TPSA) is 86.5 Å². The zero-order valence-corrected chi connectivity index (χ0v) is 10.7. The average Bonchev–Trinajstić information content (AvgIpc) is 2.80. The zero-order chi connectivity index (χ0) is 13.8. The van der Waals surface area contributed by atoms with Crippen LogP contribution in [0.2, 0.25) is 0 Å². The standard InChI is InChI=1S/C12H15N3O4/c1-18-7-9(19-2)6-15-11-4-3-8(12(16)17)5-10(11)13-14-15/h3-5,9H,6-7H2,1-2H3,(H,16,17). The molecule has 1 aromatic heterocycles. The van der Waals surface area contributed by atoms with Gasteiger partial charge in [-0.1, -0.05) is 5.21 Å². The Morgan fingerprint density at radius 1 is 1.47 bits per heavy atom. The molecular formula is C12H15N3O4. The molecule has 102 valence electrons. The molecule has 1 unspecified atom stereocenters. The lowest BCUT2D eigenvalue weighted by molar-refractivity contribution is 0.0168. The van der Waals surface area contributed by atoms with Crippen molar-refractivity contribution in [3.05, 3.63) is 23.8 Å². The average molecular weight is 265 g/mol. The Labute approximate surface area is 109 Å². The van der Waals surface area contributed by atoms with Crippen molar-refractivity contribution in [3.63, 3.8) is 0 Å². The van der Waals surface area contributed by atoms with Crippen LogP contribution in [0, 0.1) is 0 Å². The van der Waals surface area contributed by atoms with E-state index in [1.807, 2.05) is 0 Å². The number of methoxy groups -OCH3 is 2. The van der Waals surface area contributed by atoms with Crippen LogP contribution in [-0.4, -0.2) is 53.0 Å². The van der Waals surface area contributed by atoms with Crippen LogP contribution in [0.25, 0.3) is 11.0 Å². The monoisotopic (exact) mass is 265 g/mol. The normalized spacial score (nSPS) is 12.7.